The Labute approximate surface area is 168 Å². The van der Waals surface area contributed by atoms with Gasteiger partial charge in [0.1, 0.15) is 0 Å². The van der Waals surface area contributed by atoms with Crippen molar-refractivity contribution >= 4 is 11.9 Å². The van der Waals surface area contributed by atoms with E-state index >= 15 is 0 Å². The highest BCUT2D eigenvalue weighted by molar-refractivity contribution is 5.81. The Morgan fingerprint density at radius 2 is 2.18 bits per heavy atom. The van der Waals surface area contributed by atoms with Gasteiger partial charge in [0.05, 0.1) is 6.61 Å². The molecule has 28 heavy (non-hydrogen) atoms. The Hall–Kier alpha value is -2.31. The number of aliphatic imine (C=N–C) groups is 1. The summed E-state index contributed by atoms with van der Waals surface area (Å²) < 4.78 is 5.51. The molecule has 0 aliphatic heterocycles. The summed E-state index contributed by atoms with van der Waals surface area (Å²) in [5.74, 6) is 1.65. The summed E-state index contributed by atoms with van der Waals surface area (Å²) in [6.07, 6.45) is 6.68. The van der Waals surface area contributed by atoms with E-state index in [1.807, 2.05) is 32.2 Å². The lowest BCUT2D eigenvalue weighted by Gasteiger charge is -2.30. The molecule has 0 saturated heterocycles. The van der Waals surface area contributed by atoms with Gasteiger partial charge in [0.15, 0.2) is 5.96 Å². The van der Waals surface area contributed by atoms with E-state index in [0.717, 1.165) is 43.6 Å². The number of aromatic nitrogens is 1. The molecular weight excluding hydrogens is 354 g/mol. The van der Waals surface area contributed by atoms with E-state index in [1.54, 1.807) is 7.05 Å². The minimum absolute atomic E-state index is 0.0756. The first-order valence-electron chi connectivity index (χ1n) is 10.4. The first kappa shape index (κ1) is 22.0. The number of hydrogen-bond acceptors (Lipinski definition) is 4. The van der Waals surface area contributed by atoms with Gasteiger partial charge in [0.2, 0.25) is 11.8 Å². The molecule has 0 radical (unpaired) electrons. The van der Waals surface area contributed by atoms with E-state index in [0.29, 0.717) is 19.0 Å². The summed E-state index contributed by atoms with van der Waals surface area (Å²) in [7, 11) is 1.76. The molecule has 1 fully saturated rings. The van der Waals surface area contributed by atoms with Crippen molar-refractivity contribution < 1.29 is 9.53 Å². The summed E-state index contributed by atoms with van der Waals surface area (Å²) in [4.78, 5) is 21.0. The zero-order valence-corrected chi connectivity index (χ0v) is 17.6. The van der Waals surface area contributed by atoms with E-state index in [-0.39, 0.29) is 23.9 Å². The summed E-state index contributed by atoms with van der Waals surface area (Å²) in [5.41, 5.74) is 1.06. The Morgan fingerprint density at radius 3 is 2.82 bits per heavy atom. The van der Waals surface area contributed by atoms with Crippen LogP contribution in [0, 0.1) is 5.92 Å². The van der Waals surface area contributed by atoms with Crippen LogP contribution in [0.4, 0.5) is 0 Å². The molecule has 2 rings (SSSR count). The van der Waals surface area contributed by atoms with Crippen molar-refractivity contribution in [3.63, 3.8) is 0 Å². The quantitative estimate of drug-likeness (QED) is 0.470. The van der Waals surface area contributed by atoms with Gasteiger partial charge in [-0.3, -0.25) is 9.79 Å². The molecule has 0 aromatic carbocycles. The Bertz CT molecular complexity index is 630. The highest BCUT2D eigenvalue weighted by Gasteiger charge is 2.27. The zero-order chi connectivity index (χ0) is 20.4. The molecule has 7 nitrogen and oxygen atoms in total. The molecule has 2 unspecified atom stereocenters. The van der Waals surface area contributed by atoms with Gasteiger partial charge in [-0.15, -0.1) is 0 Å². The summed E-state index contributed by atoms with van der Waals surface area (Å²) in [6, 6.07) is 4.33. The minimum atomic E-state index is 0.0756. The average Bonchev–Trinajstić information content (AvgIpc) is 2.70. The van der Waals surface area contributed by atoms with Crippen molar-refractivity contribution in [2.75, 3.05) is 13.7 Å². The molecule has 0 bridgehead atoms. The molecule has 1 aromatic rings. The number of hydrogen-bond donors (Lipinski definition) is 3. The smallest absolute Gasteiger partial charge is 0.223 e. The fourth-order valence-corrected chi connectivity index (χ4v) is 3.34. The highest BCUT2D eigenvalue weighted by Crippen LogP contribution is 2.24. The third kappa shape index (κ3) is 7.37. The summed E-state index contributed by atoms with van der Waals surface area (Å²) >= 11 is 0. The van der Waals surface area contributed by atoms with Crippen LogP contribution in [0.1, 0.15) is 58.4 Å². The van der Waals surface area contributed by atoms with Crippen LogP contribution >= 0.6 is 0 Å². The van der Waals surface area contributed by atoms with Gasteiger partial charge in [-0.05, 0) is 45.1 Å². The molecule has 1 aliphatic rings. The van der Waals surface area contributed by atoms with Gasteiger partial charge in [0.25, 0.3) is 0 Å². The number of ether oxygens (including phenoxy) is 1. The predicted octanol–water partition coefficient (Wildman–Crippen LogP) is 2.62. The second kappa shape index (κ2) is 11.5. The lowest BCUT2D eigenvalue weighted by molar-refractivity contribution is -0.126. The molecule has 0 spiro atoms. The fraction of sp³-hybridized carbons (Fsp3) is 0.667. The van der Waals surface area contributed by atoms with E-state index in [1.165, 1.54) is 0 Å². The number of nitrogens with zero attached hydrogens (tertiary/aromatic N) is 2. The highest BCUT2D eigenvalue weighted by atomic mass is 16.5. The average molecular weight is 390 g/mol. The third-order valence-corrected chi connectivity index (χ3v) is 4.75. The predicted molar refractivity (Wildman–Crippen MR) is 112 cm³/mol. The molecule has 2 atom stereocenters. The maximum Gasteiger partial charge on any atom is 0.223 e. The van der Waals surface area contributed by atoms with E-state index in [9.17, 15) is 4.79 Å². The monoisotopic (exact) mass is 389 g/mol. The van der Waals surface area contributed by atoms with E-state index in [4.69, 9.17) is 4.74 Å². The van der Waals surface area contributed by atoms with Gasteiger partial charge in [-0.25, -0.2) is 4.98 Å². The van der Waals surface area contributed by atoms with Gasteiger partial charge >= 0.3 is 0 Å². The van der Waals surface area contributed by atoms with Crippen LogP contribution in [0.25, 0.3) is 0 Å². The van der Waals surface area contributed by atoms with E-state index in [2.05, 4.69) is 32.9 Å². The molecule has 156 valence electrons. The Morgan fingerprint density at radius 1 is 1.36 bits per heavy atom. The normalized spacial score (nSPS) is 20.0. The van der Waals surface area contributed by atoms with Crippen molar-refractivity contribution in [1.82, 2.24) is 20.9 Å². The largest absolute Gasteiger partial charge is 0.478 e. The van der Waals surface area contributed by atoms with Crippen LogP contribution in [0.2, 0.25) is 0 Å². The van der Waals surface area contributed by atoms with Crippen LogP contribution in [-0.2, 0) is 11.3 Å². The van der Waals surface area contributed by atoms with Gasteiger partial charge < -0.3 is 20.7 Å². The number of guanidine groups is 1. The Kier molecular flexibility index (Phi) is 9.04. The first-order valence-corrected chi connectivity index (χ1v) is 10.4. The van der Waals surface area contributed by atoms with Gasteiger partial charge in [-0.1, -0.05) is 19.4 Å². The van der Waals surface area contributed by atoms with Crippen LogP contribution in [-0.4, -0.2) is 42.6 Å². The minimum Gasteiger partial charge on any atom is -0.478 e. The zero-order valence-electron chi connectivity index (χ0n) is 17.6. The van der Waals surface area contributed by atoms with Crippen LogP contribution in [0.3, 0.4) is 0 Å². The first-order chi connectivity index (χ1) is 13.5. The third-order valence-electron chi connectivity index (χ3n) is 4.75. The number of carbonyl (C=O) groups excluding carboxylic acids is 1. The number of rotatable bonds is 8. The van der Waals surface area contributed by atoms with Crippen molar-refractivity contribution in [3.05, 3.63) is 23.9 Å². The summed E-state index contributed by atoms with van der Waals surface area (Å²) in [6.45, 7) is 7.38. The molecule has 1 aliphatic carbocycles. The maximum absolute atomic E-state index is 12.3. The molecule has 1 amide bonds. The molecule has 1 aromatic heterocycles. The lowest BCUT2D eigenvalue weighted by atomic mass is 9.85. The number of carbonyl (C=O) groups is 1. The lowest BCUT2D eigenvalue weighted by Crippen LogP contribution is -2.47. The number of nitrogens with one attached hydrogen (secondary N) is 3. The number of pyridine rings is 1. The van der Waals surface area contributed by atoms with Gasteiger partial charge in [-0.2, -0.15) is 0 Å². The molecule has 7 heteroatoms. The van der Waals surface area contributed by atoms with Crippen molar-refractivity contribution in [2.45, 2.75) is 71.5 Å². The topological polar surface area (TPSA) is 87.6 Å². The summed E-state index contributed by atoms with van der Waals surface area (Å²) in [5, 5.41) is 9.83. The van der Waals surface area contributed by atoms with Crippen LogP contribution in [0.15, 0.2) is 23.3 Å². The SMILES string of the molecule is CCCOc1ccc(CNC(=NC)NC2CCCC(C(=O)NC(C)C)C2)cn1. The number of amides is 1. The van der Waals surface area contributed by atoms with Crippen molar-refractivity contribution in [1.29, 1.82) is 0 Å². The molecule has 1 heterocycles. The second-order valence-electron chi connectivity index (χ2n) is 7.65. The molecule has 3 N–H and O–H groups in total. The fourth-order valence-electron chi connectivity index (χ4n) is 3.34. The molecule has 1 saturated carbocycles. The Balaban J connectivity index is 1.81. The van der Waals surface area contributed by atoms with Crippen molar-refractivity contribution in [2.24, 2.45) is 10.9 Å². The molecular formula is C21H35N5O2. The van der Waals surface area contributed by atoms with Gasteiger partial charge in [0, 0.05) is 43.9 Å². The van der Waals surface area contributed by atoms with Crippen LogP contribution in [0.5, 0.6) is 5.88 Å². The van der Waals surface area contributed by atoms with Crippen LogP contribution < -0.4 is 20.7 Å². The maximum atomic E-state index is 12.3. The van der Waals surface area contributed by atoms with E-state index < -0.39 is 0 Å². The standard InChI is InChI=1S/C21H35N5O2/c1-5-11-28-19-10-9-16(13-23-19)14-24-21(22-4)26-18-8-6-7-17(12-18)20(27)25-15(2)3/h9-10,13,15,17-18H,5-8,11-12,14H2,1-4H3,(H,25,27)(H2,22,24,26). The second-order valence-corrected chi connectivity index (χ2v) is 7.65. The van der Waals surface area contributed by atoms with Crippen molar-refractivity contribution in [3.8, 4) is 5.88 Å².